The number of aromatic nitrogens is 1. The van der Waals surface area contributed by atoms with Crippen LogP contribution in [-0.2, 0) is 9.53 Å². The molecule has 0 saturated heterocycles. The summed E-state index contributed by atoms with van der Waals surface area (Å²) in [6.07, 6.45) is 1.28. The van der Waals surface area contributed by atoms with Gasteiger partial charge in [0.05, 0.1) is 23.1 Å². The first-order valence-electron chi connectivity index (χ1n) is 5.16. The number of nitrogens with zero attached hydrogens (tertiary/aromatic N) is 2. The van der Waals surface area contributed by atoms with Gasteiger partial charge in [-0.1, -0.05) is 0 Å². The predicted octanol–water partition coefficient (Wildman–Crippen LogP) is 1.70. The molecule has 0 amide bonds. The molecule has 0 bridgehead atoms. The lowest BCUT2D eigenvalue weighted by molar-refractivity contribution is -0.387. The summed E-state index contributed by atoms with van der Waals surface area (Å²) in [7, 11) is 1.28. The van der Waals surface area contributed by atoms with E-state index in [2.05, 4.69) is 25.7 Å². The maximum atomic E-state index is 11.1. The molecular weight excluding hydrogens is 324 g/mol. The lowest BCUT2D eigenvalue weighted by Crippen LogP contribution is -2.16. The molecule has 1 rings (SSSR count). The van der Waals surface area contributed by atoms with Gasteiger partial charge in [0.1, 0.15) is 0 Å². The number of rotatable bonds is 6. The van der Waals surface area contributed by atoms with Crippen LogP contribution in [0.3, 0.4) is 0 Å². The molecule has 0 N–H and O–H groups in total. The second-order valence-corrected chi connectivity index (χ2v) is 4.00. The molecule has 0 aliphatic carbocycles. The van der Waals surface area contributed by atoms with E-state index < -0.39 is 23.2 Å². The molecule has 8 nitrogen and oxygen atoms in total. The minimum atomic E-state index is -0.697. The van der Waals surface area contributed by atoms with E-state index in [9.17, 15) is 14.9 Å². The molecule has 104 valence electrons. The molecule has 0 aromatic carbocycles. The van der Waals surface area contributed by atoms with Gasteiger partial charge in [-0.15, -0.1) is 0 Å². The van der Waals surface area contributed by atoms with Crippen LogP contribution in [0.1, 0.15) is 6.92 Å². The topological polar surface area (TPSA) is 101 Å². The number of carbonyl (C=O) groups excluding carboxylic acids is 1. The van der Waals surface area contributed by atoms with Crippen LogP contribution in [0.4, 0.5) is 5.69 Å². The summed E-state index contributed by atoms with van der Waals surface area (Å²) in [6, 6.07) is 0. The van der Waals surface area contributed by atoms with Gasteiger partial charge in [0.15, 0.2) is 6.61 Å². The predicted molar refractivity (Wildman–Crippen MR) is 67.3 cm³/mol. The van der Waals surface area contributed by atoms with Gasteiger partial charge >= 0.3 is 11.7 Å². The second-order valence-electron chi connectivity index (χ2n) is 3.14. The molecule has 0 unspecified atom stereocenters. The molecule has 0 saturated carbocycles. The third-order valence-corrected chi connectivity index (χ3v) is 2.51. The van der Waals surface area contributed by atoms with E-state index in [1.165, 1.54) is 13.3 Å². The van der Waals surface area contributed by atoms with Crippen LogP contribution in [-0.4, -0.2) is 36.2 Å². The quantitative estimate of drug-likeness (QED) is 0.443. The Bertz CT molecular complexity index is 493. The van der Waals surface area contributed by atoms with Gasteiger partial charge in [0.2, 0.25) is 5.75 Å². The lowest BCUT2D eigenvalue weighted by Gasteiger charge is -2.08. The Kier molecular flexibility index (Phi) is 5.49. The highest BCUT2D eigenvalue weighted by atomic mass is 79.9. The maximum Gasteiger partial charge on any atom is 0.373 e. The fourth-order valence-corrected chi connectivity index (χ4v) is 1.69. The smallest absolute Gasteiger partial charge is 0.373 e. The largest absolute Gasteiger partial charge is 0.489 e. The monoisotopic (exact) mass is 334 g/mol. The molecule has 0 radical (unpaired) electrons. The molecular formula is C10H11BrN2O6. The molecule has 1 heterocycles. The molecule has 9 heteroatoms. The summed E-state index contributed by atoms with van der Waals surface area (Å²) in [5.74, 6) is -0.975. The summed E-state index contributed by atoms with van der Waals surface area (Å²) >= 11 is 3.08. The molecule has 0 aliphatic rings. The summed E-state index contributed by atoms with van der Waals surface area (Å²) < 4.78 is 14.8. The molecule has 1 aromatic heterocycles. The fraction of sp³-hybridized carbons (Fsp3) is 0.400. The highest BCUT2D eigenvalue weighted by molar-refractivity contribution is 9.10. The molecule has 0 atom stereocenters. The third-order valence-electron chi connectivity index (χ3n) is 1.95. The number of carbonyl (C=O) groups is 1. The minimum Gasteiger partial charge on any atom is -0.489 e. The number of ether oxygens (including phenoxy) is 3. The van der Waals surface area contributed by atoms with Crippen molar-refractivity contribution in [3.05, 3.63) is 20.8 Å². The Morgan fingerprint density at radius 3 is 2.79 bits per heavy atom. The molecule has 0 fully saturated rings. The highest BCUT2D eigenvalue weighted by Crippen LogP contribution is 2.40. The number of nitro groups is 1. The Labute approximate surface area is 116 Å². The zero-order chi connectivity index (χ0) is 14.4. The SMILES string of the molecule is CCOC(=O)COc1ncc(Br)c(OC)c1[N+](=O)[O-]. The normalized spacial score (nSPS) is 9.84. The molecule has 19 heavy (non-hydrogen) atoms. The first-order chi connectivity index (χ1) is 9.01. The van der Waals surface area contributed by atoms with Crippen molar-refractivity contribution < 1.29 is 23.9 Å². The van der Waals surface area contributed by atoms with Gasteiger partial charge in [0, 0.05) is 6.20 Å². The minimum absolute atomic E-state index is 0.0288. The Balaban J connectivity index is 3.01. The molecule has 1 aromatic rings. The van der Waals surface area contributed by atoms with Crippen molar-refractivity contribution in [3.63, 3.8) is 0 Å². The maximum absolute atomic E-state index is 11.1. The van der Waals surface area contributed by atoms with Gasteiger partial charge in [0.25, 0.3) is 5.88 Å². The number of halogens is 1. The van der Waals surface area contributed by atoms with Crippen LogP contribution in [0, 0.1) is 10.1 Å². The first kappa shape index (κ1) is 15.2. The number of hydrogen-bond acceptors (Lipinski definition) is 7. The third kappa shape index (κ3) is 3.78. The van der Waals surface area contributed by atoms with E-state index in [0.717, 1.165) is 0 Å². The number of methoxy groups -OCH3 is 1. The lowest BCUT2D eigenvalue weighted by atomic mass is 10.4. The van der Waals surface area contributed by atoms with Crippen molar-refractivity contribution in [2.75, 3.05) is 20.3 Å². The highest BCUT2D eigenvalue weighted by Gasteiger charge is 2.27. The van der Waals surface area contributed by atoms with Crippen LogP contribution in [0.15, 0.2) is 10.7 Å². The number of esters is 1. The zero-order valence-corrected chi connectivity index (χ0v) is 11.8. The Morgan fingerprint density at radius 1 is 1.58 bits per heavy atom. The van der Waals surface area contributed by atoms with Crippen molar-refractivity contribution in [2.45, 2.75) is 6.92 Å². The fourth-order valence-electron chi connectivity index (χ4n) is 1.24. The van der Waals surface area contributed by atoms with Crippen LogP contribution in [0.2, 0.25) is 0 Å². The van der Waals surface area contributed by atoms with Gasteiger partial charge in [-0.05, 0) is 22.9 Å². The van der Waals surface area contributed by atoms with E-state index in [-0.39, 0.29) is 18.2 Å². The van der Waals surface area contributed by atoms with E-state index in [1.807, 2.05) is 0 Å². The molecule has 0 spiro atoms. The second kappa shape index (κ2) is 6.88. The van der Waals surface area contributed by atoms with Crippen molar-refractivity contribution in [1.29, 1.82) is 0 Å². The van der Waals surface area contributed by atoms with Crippen LogP contribution < -0.4 is 9.47 Å². The van der Waals surface area contributed by atoms with Crippen molar-refractivity contribution in [3.8, 4) is 11.6 Å². The van der Waals surface area contributed by atoms with Crippen molar-refractivity contribution in [1.82, 2.24) is 4.98 Å². The van der Waals surface area contributed by atoms with E-state index in [0.29, 0.717) is 4.47 Å². The van der Waals surface area contributed by atoms with Gasteiger partial charge in [-0.2, -0.15) is 0 Å². The Morgan fingerprint density at radius 2 is 2.26 bits per heavy atom. The number of hydrogen-bond donors (Lipinski definition) is 0. The van der Waals surface area contributed by atoms with Crippen molar-refractivity contribution in [2.24, 2.45) is 0 Å². The van der Waals surface area contributed by atoms with Crippen LogP contribution in [0.5, 0.6) is 11.6 Å². The summed E-state index contributed by atoms with van der Waals surface area (Å²) in [6.45, 7) is 1.37. The summed E-state index contributed by atoms with van der Waals surface area (Å²) in [4.78, 5) is 25.2. The van der Waals surface area contributed by atoms with E-state index in [4.69, 9.17) is 9.47 Å². The van der Waals surface area contributed by atoms with Crippen LogP contribution >= 0.6 is 15.9 Å². The first-order valence-corrected chi connectivity index (χ1v) is 5.95. The van der Waals surface area contributed by atoms with E-state index in [1.54, 1.807) is 6.92 Å². The van der Waals surface area contributed by atoms with Gasteiger partial charge in [-0.3, -0.25) is 10.1 Å². The average Bonchev–Trinajstić information content (AvgIpc) is 2.36. The molecule has 0 aliphatic heterocycles. The van der Waals surface area contributed by atoms with Gasteiger partial charge < -0.3 is 14.2 Å². The summed E-state index contributed by atoms with van der Waals surface area (Å²) in [5, 5.41) is 11.0. The number of pyridine rings is 1. The van der Waals surface area contributed by atoms with E-state index >= 15 is 0 Å². The van der Waals surface area contributed by atoms with Gasteiger partial charge in [-0.25, -0.2) is 9.78 Å². The standard InChI is InChI=1S/C10H11BrN2O6/c1-3-18-7(14)5-19-10-8(13(15)16)9(17-2)6(11)4-12-10/h4H,3,5H2,1-2H3. The Hall–Kier alpha value is -1.90. The summed E-state index contributed by atoms with van der Waals surface area (Å²) in [5.41, 5.74) is -0.457. The average molecular weight is 335 g/mol. The zero-order valence-electron chi connectivity index (χ0n) is 10.2. The van der Waals surface area contributed by atoms with Crippen molar-refractivity contribution >= 4 is 27.6 Å². The van der Waals surface area contributed by atoms with Crippen LogP contribution in [0.25, 0.3) is 0 Å².